The first-order valence-corrected chi connectivity index (χ1v) is 6.08. The number of benzene rings is 1. The van der Waals surface area contributed by atoms with Crippen LogP contribution in [0.15, 0.2) is 41.0 Å². The van der Waals surface area contributed by atoms with Gasteiger partial charge in [0.1, 0.15) is 0 Å². The molecule has 0 unspecified atom stereocenters. The van der Waals surface area contributed by atoms with Crippen LogP contribution in [-0.4, -0.2) is 22.8 Å². The van der Waals surface area contributed by atoms with Gasteiger partial charge in [-0.3, -0.25) is 14.9 Å². The third kappa shape index (κ3) is 2.97. The third-order valence-corrected chi connectivity index (χ3v) is 3.10. The average Bonchev–Trinajstić information content (AvgIpc) is 2.94. The van der Waals surface area contributed by atoms with Gasteiger partial charge in [-0.1, -0.05) is 11.6 Å². The second kappa shape index (κ2) is 5.75. The topological polar surface area (TPSA) is 76.6 Å². The highest BCUT2D eigenvalue weighted by atomic mass is 35.5. The Hall–Kier alpha value is -2.34. The van der Waals surface area contributed by atoms with Gasteiger partial charge < -0.3 is 9.32 Å². The molecule has 1 aromatic heterocycles. The number of amides is 1. The maximum Gasteiger partial charge on any atom is 0.289 e. The molecule has 104 valence electrons. The van der Waals surface area contributed by atoms with Crippen LogP contribution in [0.5, 0.6) is 0 Å². The van der Waals surface area contributed by atoms with Crippen LogP contribution < -0.4 is 0 Å². The molecule has 0 fully saturated rings. The number of carbonyl (C=O) groups is 1. The Labute approximate surface area is 119 Å². The standard InChI is InChI=1S/C13H11ClN2O4/c1-15(13(17)12-3-2-6-20-12)8-9-7-10(16(18)19)4-5-11(9)14/h2-7H,8H2,1H3. The fraction of sp³-hybridized carbons (Fsp3) is 0.154. The summed E-state index contributed by atoms with van der Waals surface area (Å²) in [6.45, 7) is 0.153. The van der Waals surface area contributed by atoms with E-state index in [-0.39, 0.29) is 23.9 Å². The Morgan fingerprint density at radius 2 is 2.20 bits per heavy atom. The minimum atomic E-state index is -0.506. The number of rotatable bonds is 4. The third-order valence-electron chi connectivity index (χ3n) is 2.73. The minimum absolute atomic E-state index is 0.0664. The lowest BCUT2D eigenvalue weighted by Gasteiger charge is -2.16. The first kappa shape index (κ1) is 14.1. The van der Waals surface area contributed by atoms with E-state index in [0.29, 0.717) is 10.6 Å². The number of non-ortho nitro benzene ring substituents is 1. The molecule has 6 nitrogen and oxygen atoms in total. The summed E-state index contributed by atoms with van der Waals surface area (Å²) in [5, 5.41) is 11.1. The summed E-state index contributed by atoms with van der Waals surface area (Å²) in [6.07, 6.45) is 1.40. The lowest BCUT2D eigenvalue weighted by molar-refractivity contribution is -0.384. The Kier molecular flexibility index (Phi) is 4.05. The lowest BCUT2D eigenvalue weighted by atomic mass is 10.2. The van der Waals surface area contributed by atoms with Crippen molar-refractivity contribution >= 4 is 23.2 Å². The monoisotopic (exact) mass is 294 g/mol. The summed E-state index contributed by atoms with van der Waals surface area (Å²) >= 11 is 5.99. The molecule has 0 aliphatic heterocycles. The molecule has 20 heavy (non-hydrogen) atoms. The molecule has 7 heteroatoms. The Balaban J connectivity index is 2.19. The summed E-state index contributed by atoms with van der Waals surface area (Å²) in [5.41, 5.74) is 0.437. The van der Waals surface area contributed by atoms with Crippen molar-refractivity contribution in [2.75, 3.05) is 7.05 Å². The van der Waals surface area contributed by atoms with Crippen molar-refractivity contribution in [3.8, 4) is 0 Å². The molecular weight excluding hydrogens is 284 g/mol. The molecule has 2 aromatic rings. The molecule has 0 saturated heterocycles. The maximum absolute atomic E-state index is 12.0. The van der Waals surface area contributed by atoms with E-state index in [2.05, 4.69) is 0 Å². The average molecular weight is 295 g/mol. The molecule has 0 radical (unpaired) electrons. The van der Waals surface area contributed by atoms with Crippen molar-refractivity contribution in [3.05, 3.63) is 63.1 Å². The minimum Gasteiger partial charge on any atom is -0.459 e. The maximum atomic E-state index is 12.0. The fourth-order valence-corrected chi connectivity index (χ4v) is 1.89. The number of nitrogens with zero attached hydrogens (tertiary/aromatic N) is 2. The summed E-state index contributed by atoms with van der Waals surface area (Å²) in [7, 11) is 1.57. The van der Waals surface area contributed by atoms with Gasteiger partial charge in [-0.25, -0.2) is 0 Å². The molecule has 1 amide bonds. The van der Waals surface area contributed by atoms with Crippen molar-refractivity contribution in [3.63, 3.8) is 0 Å². The Bertz CT molecular complexity index is 640. The SMILES string of the molecule is CN(Cc1cc([N+](=O)[O-])ccc1Cl)C(=O)c1ccco1. The molecule has 0 aliphatic carbocycles. The van der Waals surface area contributed by atoms with Crippen molar-refractivity contribution < 1.29 is 14.1 Å². The molecular formula is C13H11ClN2O4. The van der Waals surface area contributed by atoms with Gasteiger partial charge in [-0.15, -0.1) is 0 Å². The quantitative estimate of drug-likeness (QED) is 0.641. The van der Waals surface area contributed by atoms with Gasteiger partial charge in [0, 0.05) is 30.7 Å². The van der Waals surface area contributed by atoms with E-state index in [1.54, 1.807) is 19.2 Å². The van der Waals surface area contributed by atoms with Gasteiger partial charge in [0.15, 0.2) is 5.76 Å². The van der Waals surface area contributed by atoms with Crippen molar-refractivity contribution in [2.24, 2.45) is 0 Å². The Morgan fingerprint density at radius 1 is 1.45 bits per heavy atom. The second-order valence-electron chi connectivity index (χ2n) is 4.17. The van der Waals surface area contributed by atoms with Crippen LogP contribution in [-0.2, 0) is 6.54 Å². The molecule has 0 saturated carbocycles. The molecule has 1 heterocycles. The number of carbonyl (C=O) groups excluding carboxylic acids is 1. The van der Waals surface area contributed by atoms with Crippen molar-refractivity contribution in [1.82, 2.24) is 4.90 Å². The van der Waals surface area contributed by atoms with Crippen LogP contribution in [0.2, 0.25) is 5.02 Å². The van der Waals surface area contributed by atoms with Crippen LogP contribution in [0.3, 0.4) is 0 Å². The predicted octanol–water partition coefficient (Wildman–Crippen LogP) is 3.11. The predicted molar refractivity (Wildman–Crippen MR) is 72.6 cm³/mol. The van der Waals surface area contributed by atoms with Crippen LogP contribution in [0.25, 0.3) is 0 Å². The van der Waals surface area contributed by atoms with E-state index >= 15 is 0 Å². The van der Waals surface area contributed by atoms with E-state index in [1.165, 1.54) is 29.4 Å². The summed E-state index contributed by atoms with van der Waals surface area (Å²) < 4.78 is 5.01. The number of nitro benzene ring substituents is 1. The van der Waals surface area contributed by atoms with Gasteiger partial charge in [-0.2, -0.15) is 0 Å². The van der Waals surface area contributed by atoms with E-state index in [9.17, 15) is 14.9 Å². The molecule has 0 N–H and O–H groups in total. The van der Waals surface area contributed by atoms with Crippen LogP contribution in [0.4, 0.5) is 5.69 Å². The van der Waals surface area contributed by atoms with Gasteiger partial charge in [0.2, 0.25) is 0 Å². The highest BCUT2D eigenvalue weighted by Crippen LogP contribution is 2.23. The van der Waals surface area contributed by atoms with E-state index in [0.717, 1.165) is 0 Å². The fourth-order valence-electron chi connectivity index (χ4n) is 1.71. The Morgan fingerprint density at radius 3 is 2.80 bits per heavy atom. The zero-order valence-corrected chi connectivity index (χ0v) is 11.3. The van der Waals surface area contributed by atoms with Crippen LogP contribution in [0.1, 0.15) is 16.1 Å². The first-order valence-electron chi connectivity index (χ1n) is 5.71. The molecule has 0 spiro atoms. The van der Waals surface area contributed by atoms with Crippen LogP contribution in [0, 0.1) is 10.1 Å². The molecule has 1 aromatic carbocycles. The zero-order chi connectivity index (χ0) is 14.7. The van der Waals surface area contributed by atoms with E-state index in [4.69, 9.17) is 16.0 Å². The second-order valence-corrected chi connectivity index (χ2v) is 4.58. The molecule has 0 bridgehead atoms. The number of nitro groups is 1. The highest BCUT2D eigenvalue weighted by Gasteiger charge is 2.17. The lowest BCUT2D eigenvalue weighted by Crippen LogP contribution is -2.25. The van der Waals surface area contributed by atoms with Crippen molar-refractivity contribution in [2.45, 2.75) is 6.54 Å². The number of halogens is 1. The number of hydrogen-bond donors (Lipinski definition) is 0. The molecule has 0 aliphatic rings. The summed E-state index contributed by atoms with van der Waals surface area (Å²) in [6, 6.07) is 7.28. The van der Waals surface area contributed by atoms with Crippen molar-refractivity contribution in [1.29, 1.82) is 0 Å². The first-order chi connectivity index (χ1) is 9.49. The van der Waals surface area contributed by atoms with Gasteiger partial charge >= 0.3 is 0 Å². The number of hydrogen-bond acceptors (Lipinski definition) is 4. The largest absolute Gasteiger partial charge is 0.459 e. The highest BCUT2D eigenvalue weighted by molar-refractivity contribution is 6.31. The van der Waals surface area contributed by atoms with E-state index in [1.807, 2.05) is 0 Å². The molecule has 0 atom stereocenters. The smallest absolute Gasteiger partial charge is 0.289 e. The summed E-state index contributed by atoms with van der Waals surface area (Å²) in [4.78, 5) is 23.6. The van der Waals surface area contributed by atoms with Gasteiger partial charge in [-0.05, 0) is 23.8 Å². The summed E-state index contributed by atoms with van der Waals surface area (Å²) in [5.74, 6) is -0.119. The van der Waals surface area contributed by atoms with Gasteiger partial charge in [0.25, 0.3) is 11.6 Å². The normalized spacial score (nSPS) is 10.3. The van der Waals surface area contributed by atoms with Gasteiger partial charge in [0.05, 0.1) is 11.2 Å². The zero-order valence-electron chi connectivity index (χ0n) is 10.6. The van der Waals surface area contributed by atoms with Crippen LogP contribution >= 0.6 is 11.6 Å². The number of furan rings is 1. The van der Waals surface area contributed by atoms with E-state index < -0.39 is 4.92 Å². The molecule has 2 rings (SSSR count).